The first-order chi connectivity index (χ1) is 9.08. The minimum atomic E-state index is -0.252. The van der Waals surface area contributed by atoms with Crippen molar-refractivity contribution < 1.29 is 13.9 Å². The van der Waals surface area contributed by atoms with E-state index < -0.39 is 0 Å². The molecule has 1 aromatic rings. The molecule has 19 heavy (non-hydrogen) atoms. The summed E-state index contributed by atoms with van der Waals surface area (Å²) in [5, 5.41) is 2.85. The topological polar surface area (TPSA) is 38.3 Å². The highest BCUT2D eigenvalue weighted by atomic mass is 19.1. The number of amides is 1. The van der Waals surface area contributed by atoms with Gasteiger partial charge in [-0.15, -0.1) is 0 Å². The zero-order valence-corrected chi connectivity index (χ0v) is 11.6. The smallest absolute Gasteiger partial charge is 0.220 e. The fraction of sp³-hybridized carbons (Fsp3) is 0.533. The lowest BCUT2D eigenvalue weighted by Crippen LogP contribution is -2.25. The first-order valence-electron chi connectivity index (χ1n) is 6.70. The molecule has 1 aromatic carbocycles. The van der Waals surface area contributed by atoms with E-state index in [-0.39, 0.29) is 17.8 Å². The van der Waals surface area contributed by atoms with E-state index >= 15 is 0 Å². The number of aryl methyl sites for hydroxylation is 1. The third-order valence-corrected chi connectivity index (χ3v) is 2.65. The minimum Gasteiger partial charge on any atom is -0.379 e. The van der Waals surface area contributed by atoms with Crippen LogP contribution in [0.1, 0.15) is 32.3 Å². The molecule has 0 unspecified atom stereocenters. The molecule has 0 radical (unpaired) electrons. The summed E-state index contributed by atoms with van der Waals surface area (Å²) in [7, 11) is 0. The van der Waals surface area contributed by atoms with Gasteiger partial charge in [0, 0.05) is 19.6 Å². The number of halogens is 1. The number of rotatable bonds is 8. The molecule has 1 N–H and O–H groups in total. The Bertz CT molecular complexity index is 376. The van der Waals surface area contributed by atoms with Crippen LogP contribution in [-0.4, -0.2) is 25.2 Å². The number of benzene rings is 1. The second kappa shape index (κ2) is 8.64. The predicted octanol–water partition coefficient (Wildman–Crippen LogP) is 2.69. The molecule has 0 aliphatic carbocycles. The van der Waals surface area contributed by atoms with E-state index in [2.05, 4.69) is 5.32 Å². The molecule has 0 aliphatic heterocycles. The molecular formula is C15H22FNO2. The molecule has 0 saturated carbocycles. The Morgan fingerprint density at radius 1 is 1.32 bits per heavy atom. The van der Waals surface area contributed by atoms with E-state index in [0.717, 1.165) is 12.0 Å². The summed E-state index contributed by atoms with van der Waals surface area (Å²) >= 11 is 0. The highest BCUT2D eigenvalue weighted by Gasteiger charge is 2.02. The van der Waals surface area contributed by atoms with E-state index in [0.29, 0.717) is 26.0 Å². The SMILES string of the molecule is CC(C)OCCCNC(=O)CCc1ccc(F)cc1. The molecule has 0 spiro atoms. The Kier molecular flexibility index (Phi) is 7.11. The monoisotopic (exact) mass is 267 g/mol. The van der Waals surface area contributed by atoms with Gasteiger partial charge in [0.05, 0.1) is 6.10 Å². The highest BCUT2D eigenvalue weighted by molar-refractivity contribution is 5.76. The molecule has 4 heteroatoms. The summed E-state index contributed by atoms with van der Waals surface area (Å²) < 4.78 is 18.1. The minimum absolute atomic E-state index is 0.0221. The van der Waals surface area contributed by atoms with Crippen molar-refractivity contribution >= 4 is 5.91 Å². The fourth-order valence-electron chi connectivity index (χ4n) is 1.62. The van der Waals surface area contributed by atoms with Crippen molar-refractivity contribution in [3.05, 3.63) is 35.6 Å². The van der Waals surface area contributed by atoms with Crippen LogP contribution in [0.3, 0.4) is 0 Å². The maximum atomic E-state index is 12.7. The zero-order valence-electron chi connectivity index (χ0n) is 11.6. The average molecular weight is 267 g/mol. The number of hydrogen-bond donors (Lipinski definition) is 1. The molecule has 0 fully saturated rings. The fourth-order valence-corrected chi connectivity index (χ4v) is 1.62. The number of ether oxygens (including phenoxy) is 1. The summed E-state index contributed by atoms with van der Waals surface area (Å²) in [6, 6.07) is 6.24. The largest absolute Gasteiger partial charge is 0.379 e. The first-order valence-corrected chi connectivity index (χ1v) is 6.70. The van der Waals surface area contributed by atoms with Crippen molar-refractivity contribution in [3.63, 3.8) is 0 Å². The van der Waals surface area contributed by atoms with Gasteiger partial charge in [0.2, 0.25) is 5.91 Å². The Morgan fingerprint density at radius 3 is 2.63 bits per heavy atom. The third kappa shape index (κ3) is 7.57. The standard InChI is InChI=1S/C15H22FNO2/c1-12(2)19-11-3-10-17-15(18)9-6-13-4-7-14(16)8-5-13/h4-5,7-8,12H,3,6,9-11H2,1-2H3,(H,17,18). The molecule has 0 bridgehead atoms. The molecule has 1 amide bonds. The van der Waals surface area contributed by atoms with Crippen molar-refractivity contribution in [1.82, 2.24) is 5.32 Å². The van der Waals surface area contributed by atoms with Gasteiger partial charge in [-0.25, -0.2) is 4.39 Å². The van der Waals surface area contributed by atoms with Gasteiger partial charge in [-0.3, -0.25) is 4.79 Å². The van der Waals surface area contributed by atoms with Crippen molar-refractivity contribution in [2.45, 2.75) is 39.2 Å². The first kappa shape index (κ1) is 15.6. The van der Waals surface area contributed by atoms with Gasteiger partial charge >= 0.3 is 0 Å². The summed E-state index contributed by atoms with van der Waals surface area (Å²) in [5.74, 6) is -0.229. The van der Waals surface area contributed by atoms with Crippen LogP contribution in [0.15, 0.2) is 24.3 Å². The second-order valence-electron chi connectivity index (χ2n) is 4.75. The maximum absolute atomic E-state index is 12.7. The van der Waals surface area contributed by atoms with E-state index in [9.17, 15) is 9.18 Å². The number of nitrogens with one attached hydrogen (secondary N) is 1. The van der Waals surface area contributed by atoms with Crippen LogP contribution < -0.4 is 5.32 Å². The third-order valence-electron chi connectivity index (χ3n) is 2.65. The molecule has 106 valence electrons. The van der Waals surface area contributed by atoms with Gasteiger partial charge in [-0.05, 0) is 44.4 Å². The highest BCUT2D eigenvalue weighted by Crippen LogP contribution is 2.05. The number of carbonyl (C=O) groups excluding carboxylic acids is 1. The molecule has 0 saturated heterocycles. The molecule has 1 rings (SSSR count). The van der Waals surface area contributed by atoms with Crippen molar-refractivity contribution in [2.75, 3.05) is 13.2 Å². The van der Waals surface area contributed by atoms with Crippen molar-refractivity contribution in [2.24, 2.45) is 0 Å². The summed E-state index contributed by atoms with van der Waals surface area (Å²) in [6.07, 6.45) is 2.11. The normalized spacial score (nSPS) is 10.7. The molecular weight excluding hydrogens is 245 g/mol. The lowest BCUT2D eigenvalue weighted by Gasteiger charge is -2.08. The Balaban J connectivity index is 2.09. The van der Waals surface area contributed by atoms with Crippen LogP contribution in [0.4, 0.5) is 4.39 Å². The Hall–Kier alpha value is -1.42. The quantitative estimate of drug-likeness (QED) is 0.735. The van der Waals surface area contributed by atoms with Crippen molar-refractivity contribution in [3.8, 4) is 0 Å². The number of carbonyl (C=O) groups is 1. The van der Waals surface area contributed by atoms with E-state index in [1.54, 1.807) is 12.1 Å². The van der Waals surface area contributed by atoms with E-state index in [4.69, 9.17) is 4.74 Å². The van der Waals surface area contributed by atoms with Gasteiger partial charge in [-0.2, -0.15) is 0 Å². The van der Waals surface area contributed by atoms with Gasteiger partial charge in [0.15, 0.2) is 0 Å². The zero-order chi connectivity index (χ0) is 14.1. The van der Waals surface area contributed by atoms with Crippen molar-refractivity contribution in [1.29, 1.82) is 0 Å². The lowest BCUT2D eigenvalue weighted by molar-refractivity contribution is -0.121. The molecule has 0 atom stereocenters. The Labute approximate surface area is 114 Å². The lowest BCUT2D eigenvalue weighted by atomic mass is 10.1. The Morgan fingerprint density at radius 2 is 2.00 bits per heavy atom. The van der Waals surface area contributed by atoms with Gasteiger partial charge in [0.25, 0.3) is 0 Å². The van der Waals surface area contributed by atoms with Gasteiger partial charge < -0.3 is 10.1 Å². The van der Waals surface area contributed by atoms with Gasteiger partial charge in [0.1, 0.15) is 5.82 Å². The van der Waals surface area contributed by atoms with E-state index in [1.165, 1.54) is 12.1 Å². The molecule has 3 nitrogen and oxygen atoms in total. The molecule has 0 aliphatic rings. The molecule has 0 aromatic heterocycles. The maximum Gasteiger partial charge on any atom is 0.220 e. The van der Waals surface area contributed by atoms with Crippen LogP contribution in [0.5, 0.6) is 0 Å². The summed E-state index contributed by atoms with van der Waals surface area (Å²) in [5.41, 5.74) is 0.972. The van der Waals surface area contributed by atoms with Crippen LogP contribution in [0.25, 0.3) is 0 Å². The summed E-state index contributed by atoms with van der Waals surface area (Å²) in [6.45, 7) is 5.27. The number of hydrogen-bond acceptors (Lipinski definition) is 2. The van der Waals surface area contributed by atoms with E-state index in [1.807, 2.05) is 13.8 Å². The summed E-state index contributed by atoms with van der Waals surface area (Å²) in [4.78, 5) is 11.6. The van der Waals surface area contributed by atoms with Gasteiger partial charge in [-0.1, -0.05) is 12.1 Å². The van der Waals surface area contributed by atoms with Crippen LogP contribution in [0, 0.1) is 5.82 Å². The van der Waals surface area contributed by atoms with Crippen LogP contribution >= 0.6 is 0 Å². The van der Waals surface area contributed by atoms with Crippen LogP contribution in [-0.2, 0) is 16.0 Å². The average Bonchev–Trinajstić information content (AvgIpc) is 2.37. The predicted molar refractivity (Wildman–Crippen MR) is 73.4 cm³/mol. The molecule has 0 heterocycles. The second-order valence-corrected chi connectivity index (χ2v) is 4.75. The van der Waals surface area contributed by atoms with Crippen LogP contribution in [0.2, 0.25) is 0 Å².